The van der Waals surface area contributed by atoms with E-state index in [9.17, 15) is 22.4 Å². The van der Waals surface area contributed by atoms with Gasteiger partial charge in [0, 0.05) is 56.3 Å². The number of nitrogens with zero attached hydrogens (tertiary/aromatic N) is 4. The van der Waals surface area contributed by atoms with Crippen molar-refractivity contribution in [2.24, 2.45) is 42.6 Å². The van der Waals surface area contributed by atoms with Gasteiger partial charge in [-0.1, -0.05) is 20.8 Å². The molecule has 0 aromatic carbocycles. The number of rotatable bonds is 9. The highest BCUT2D eigenvalue weighted by Crippen LogP contribution is 2.46. The number of aromatic nitrogens is 4. The molecule has 2 aromatic heterocycles. The van der Waals surface area contributed by atoms with Crippen molar-refractivity contribution >= 4 is 5.91 Å². The average molecular weight is 595 g/mol. The molecule has 0 spiro atoms. The monoisotopic (exact) mass is 594 g/mol. The van der Waals surface area contributed by atoms with E-state index in [-0.39, 0.29) is 41.2 Å². The second-order valence-corrected chi connectivity index (χ2v) is 13.8. The third kappa shape index (κ3) is 6.96. The molecule has 3 fully saturated rings. The summed E-state index contributed by atoms with van der Waals surface area (Å²) in [6.45, 7) is 6.67. The van der Waals surface area contributed by atoms with Gasteiger partial charge in [0.05, 0.1) is 0 Å². The van der Waals surface area contributed by atoms with Gasteiger partial charge in [0.1, 0.15) is 6.17 Å². The first kappa shape index (κ1) is 30.9. The molecule has 5 rings (SSSR count). The van der Waals surface area contributed by atoms with Crippen molar-refractivity contribution in [2.45, 2.75) is 110 Å². The van der Waals surface area contributed by atoms with Crippen molar-refractivity contribution < 1.29 is 22.4 Å². The van der Waals surface area contributed by atoms with Crippen molar-refractivity contribution in [3.63, 3.8) is 0 Å². The van der Waals surface area contributed by atoms with Crippen LogP contribution in [0.5, 0.6) is 0 Å². The van der Waals surface area contributed by atoms with Gasteiger partial charge in [-0.3, -0.25) is 14.9 Å². The molecule has 0 aliphatic heterocycles. The van der Waals surface area contributed by atoms with Crippen LogP contribution in [0.3, 0.4) is 0 Å². The van der Waals surface area contributed by atoms with Gasteiger partial charge in [0.25, 0.3) is 0 Å². The average Bonchev–Trinajstić information content (AvgIpc) is 3.60. The maximum atomic E-state index is 14.2. The molecule has 11 heteroatoms. The number of alkyl halides is 4. The summed E-state index contributed by atoms with van der Waals surface area (Å²) in [4.78, 5) is 13.9. The summed E-state index contributed by atoms with van der Waals surface area (Å²) < 4.78 is 61.8. The van der Waals surface area contributed by atoms with Gasteiger partial charge in [0.2, 0.25) is 11.5 Å². The highest BCUT2D eigenvalue weighted by molar-refractivity contribution is 5.79. The number of amides is 1. The molecule has 6 unspecified atom stereocenters. The maximum Gasteiger partial charge on any atom is 0.435 e. The van der Waals surface area contributed by atoms with Gasteiger partial charge in [-0.25, -0.2) is 4.39 Å². The molecule has 2 aromatic rings. The van der Waals surface area contributed by atoms with E-state index in [1.165, 1.54) is 4.68 Å². The summed E-state index contributed by atoms with van der Waals surface area (Å²) in [5, 5.41) is 15.7. The number of carbonyl (C=O) groups is 1. The van der Waals surface area contributed by atoms with Crippen LogP contribution in [-0.4, -0.2) is 37.0 Å². The van der Waals surface area contributed by atoms with Crippen molar-refractivity contribution in [1.29, 1.82) is 5.41 Å². The van der Waals surface area contributed by atoms with Crippen LogP contribution in [0, 0.1) is 40.9 Å². The molecule has 7 nitrogen and oxygen atoms in total. The number of hydrogen-bond acceptors (Lipinski definition) is 3. The summed E-state index contributed by atoms with van der Waals surface area (Å²) in [7, 11) is 1.78. The molecule has 2 N–H and O–H groups in total. The highest BCUT2D eigenvalue weighted by Gasteiger charge is 2.45. The van der Waals surface area contributed by atoms with Gasteiger partial charge >= 0.3 is 6.18 Å². The summed E-state index contributed by atoms with van der Waals surface area (Å²) in [5.74, 6) is -0.359. The van der Waals surface area contributed by atoms with Gasteiger partial charge in [0.15, 0.2) is 5.69 Å². The lowest BCUT2D eigenvalue weighted by Gasteiger charge is -2.38. The summed E-state index contributed by atoms with van der Waals surface area (Å²) in [6, 6.07) is -0.00542. The van der Waals surface area contributed by atoms with E-state index < -0.39 is 29.9 Å². The Morgan fingerprint density at radius 2 is 1.81 bits per heavy atom. The van der Waals surface area contributed by atoms with E-state index in [4.69, 9.17) is 5.41 Å². The number of carbonyl (C=O) groups excluding carboxylic acids is 1. The topological polar surface area (TPSA) is 80.6 Å². The Bertz CT molecular complexity index is 1290. The molecule has 234 valence electrons. The van der Waals surface area contributed by atoms with Crippen molar-refractivity contribution in [3.8, 4) is 0 Å². The molecule has 0 radical (unpaired) electrons. The molecule has 3 aliphatic carbocycles. The zero-order chi connectivity index (χ0) is 30.3. The normalized spacial score (nSPS) is 29.5. The van der Waals surface area contributed by atoms with E-state index in [2.05, 4.69) is 10.4 Å². The SMILES string of the molecule is CC(C)Cn1cc(C2CC(Cn3ccn(C)c3=N)CC(C(=O)N[C@@H](C3CC3)C3CCC(F)C(C)C3)C2)c(C(F)(F)F)n1. The summed E-state index contributed by atoms with van der Waals surface area (Å²) >= 11 is 0. The van der Waals surface area contributed by atoms with Crippen LogP contribution in [0.25, 0.3) is 0 Å². The smallest absolute Gasteiger partial charge is 0.353 e. The number of imidazole rings is 1. The number of halogens is 4. The number of nitrogens with one attached hydrogen (secondary N) is 2. The van der Waals surface area contributed by atoms with Crippen molar-refractivity contribution in [2.75, 3.05) is 0 Å². The molecule has 1 amide bonds. The fourth-order valence-corrected chi connectivity index (χ4v) is 7.51. The minimum atomic E-state index is -4.59. The Labute approximate surface area is 245 Å². The highest BCUT2D eigenvalue weighted by atomic mass is 19.4. The Morgan fingerprint density at radius 1 is 1.10 bits per heavy atom. The molecular weight excluding hydrogens is 548 g/mol. The zero-order valence-corrected chi connectivity index (χ0v) is 25.2. The maximum absolute atomic E-state index is 14.2. The first-order valence-corrected chi connectivity index (χ1v) is 15.6. The zero-order valence-electron chi connectivity index (χ0n) is 25.2. The first-order valence-electron chi connectivity index (χ1n) is 15.6. The van der Waals surface area contributed by atoms with Crippen LogP contribution < -0.4 is 10.9 Å². The van der Waals surface area contributed by atoms with Gasteiger partial charge in [-0.15, -0.1) is 0 Å². The van der Waals surface area contributed by atoms with E-state index in [0.29, 0.717) is 50.3 Å². The molecule has 42 heavy (non-hydrogen) atoms. The second-order valence-electron chi connectivity index (χ2n) is 13.8. The second kappa shape index (κ2) is 12.2. The van der Waals surface area contributed by atoms with E-state index >= 15 is 0 Å². The van der Waals surface area contributed by atoms with Crippen LogP contribution in [0.2, 0.25) is 0 Å². The van der Waals surface area contributed by atoms with E-state index in [0.717, 1.165) is 25.7 Å². The Morgan fingerprint density at radius 3 is 2.40 bits per heavy atom. The minimum absolute atomic E-state index is 0.00542. The van der Waals surface area contributed by atoms with E-state index in [1.54, 1.807) is 28.6 Å². The lowest BCUT2D eigenvalue weighted by molar-refractivity contribution is -0.142. The molecule has 3 saturated carbocycles. The molecular formula is C31H46F4N6O. The van der Waals surface area contributed by atoms with Crippen molar-refractivity contribution in [3.05, 3.63) is 35.5 Å². The minimum Gasteiger partial charge on any atom is -0.353 e. The largest absolute Gasteiger partial charge is 0.435 e. The fraction of sp³-hybridized carbons (Fsp3) is 0.774. The fourth-order valence-electron chi connectivity index (χ4n) is 7.51. The Balaban J connectivity index is 1.41. The van der Waals surface area contributed by atoms with Crippen LogP contribution in [0.1, 0.15) is 89.3 Å². The standard InChI is InChI=1S/C31H46F4N6O/c1-18(2)15-41-17-25(28(38-41)31(33,34)35)23-12-20(16-40-10-9-39(4)30(40)36)13-24(14-23)29(42)37-27(21-5-6-21)22-7-8-26(32)19(3)11-22/h9-10,17-24,26-27,36H,5-8,11-16H2,1-4H3,(H,37,42)/t19?,20?,22?,23?,24?,26?,27-/m0/s1. The number of aryl methyl sites for hydroxylation is 1. The first-order chi connectivity index (χ1) is 19.8. The molecule has 0 saturated heterocycles. The molecule has 2 heterocycles. The lowest BCUT2D eigenvalue weighted by atomic mass is 9.71. The van der Waals surface area contributed by atoms with Gasteiger partial charge in [-0.2, -0.15) is 18.3 Å². The predicted molar refractivity (Wildman–Crippen MR) is 151 cm³/mol. The van der Waals surface area contributed by atoms with Gasteiger partial charge in [-0.05, 0) is 86.9 Å². The molecule has 7 atom stereocenters. The van der Waals surface area contributed by atoms with Crippen molar-refractivity contribution in [1.82, 2.24) is 24.2 Å². The Kier molecular flexibility index (Phi) is 8.95. The van der Waals surface area contributed by atoms with Crippen LogP contribution >= 0.6 is 0 Å². The summed E-state index contributed by atoms with van der Waals surface area (Å²) in [5.41, 5.74) is -0.372. The van der Waals surface area contributed by atoms with Crippen LogP contribution in [0.4, 0.5) is 17.6 Å². The van der Waals surface area contributed by atoms with Gasteiger partial charge < -0.3 is 14.5 Å². The molecule has 0 bridgehead atoms. The Hall–Kier alpha value is -2.59. The van der Waals surface area contributed by atoms with Crippen LogP contribution in [-0.2, 0) is 31.1 Å². The quantitative estimate of drug-likeness (QED) is 0.347. The third-order valence-corrected chi connectivity index (χ3v) is 9.81. The van der Waals surface area contributed by atoms with E-state index in [1.807, 2.05) is 27.0 Å². The van der Waals surface area contributed by atoms with Crippen LogP contribution in [0.15, 0.2) is 18.6 Å². The lowest BCUT2D eigenvalue weighted by Crippen LogP contribution is -2.48. The molecule has 3 aliphatic rings. The number of hydrogen-bond donors (Lipinski definition) is 2. The predicted octanol–water partition coefficient (Wildman–Crippen LogP) is 6.05. The summed E-state index contributed by atoms with van der Waals surface area (Å²) in [6.07, 6.45) is 5.25. The third-order valence-electron chi connectivity index (χ3n) is 9.81.